The van der Waals surface area contributed by atoms with Gasteiger partial charge in [-0.05, 0) is 39.8 Å². The standard InChI is InChI=1S/C13H16Cl2O3/c1-8(12(16)18-13(2,3)4)17-10-7-5-6-9(14)11(10)15/h5-8H,1-4H3. The summed E-state index contributed by atoms with van der Waals surface area (Å²) in [5.41, 5.74) is -0.549. The number of hydrogen-bond donors (Lipinski definition) is 0. The van der Waals surface area contributed by atoms with Crippen LogP contribution in [0, 0.1) is 0 Å². The molecule has 1 unspecified atom stereocenters. The summed E-state index contributed by atoms with van der Waals surface area (Å²) < 4.78 is 10.6. The van der Waals surface area contributed by atoms with Crippen LogP contribution in [0.3, 0.4) is 0 Å². The highest BCUT2D eigenvalue weighted by molar-refractivity contribution is 6.42. The van der Waals surface area contributed by atoms with E-state index in [-0.39, 0.29) is 5.02 Å². The van der Waals surface area contributed by atoms with E-state index in [0.29, 0.717) is 10.8 Å². The molecule has 0 amide bonds. The van der Waals surface area contributed by atoms with E-state index in [9.17, 15) is 4.79 Å². The third kappa shape index (κ3) is 4.39. The van der Waals surface area contributed by atoms with Crippen LogP contribution in [-0.4, -0.2) is 17.7 Å². The maximum Gasteiger partial charge on any atom is 0.347 e. The maximum absolute atomic E-state index is 11.7. The topological polar surface area (TPSA) is 35.5 Å². The second kappa shape index (κ2) is 5.81. The minimum Gasteiger partial charge on any atom is -0.477 e. The molecule has 1 rings (SSSR count). The molecule has 0 aromatic heterocycles. The number of benzene rings is 1. The number of ether oxygens (including phenoxy) is 2. The van der Waals surface area contributed by atoms with Crippen molar-refractivity contribution in [3.05, 3.63) is 28.2 Å². The minimum absolute atomic E-state index is 0.287. The van der Waals surface area contributed by atoms with E-state index >= 15 is 0 Å². The van der Waals surface area contributed by atoms with E-state index in [1.807, 2.05) is 0 Å². The fourth-order valence-electron chi connectivity index (χ4n) is 1.20. The maximum atomic E-state index is 11.7. The van der Waals surface area contributed by atoms with Gasteiger partial charge in [0.15, 0.2) is 6.10 Å². The molecule has 0 spiro atoms. The smallest absolute Gasteiger partial charge is 0.347 e. The molecule has 0 saturated heterocycles. The molecule has 1 aromatic rings. The van der Waals surface area contributed by atoms with E-state index < -0.39 is 17.7 Å². The highest BCUT2D eigenvalue weighted by Gasteiger charge is 2.23. The van der Waals surface area contributed by atoms with Gasteiger partial charge in [-0.2, -0.15) is 0 Å². The first-order chi connectivity index (χ1) is 8.20. The average Bonchev–Trinajstić information content (AvgIpc) is 2.22. The fourth-order valence-corrected chi connectivity index (χ4v) is 1.53. The Morgan fingerprint density at radius 1 is 1.28 bits per heavy atom. The summed E-state index contributed by atoms with van der Waals surface area (Å²) in [6.45, 7) is 6.99. The molecule has 0 heterocycles. The molecule has 0 saturated carbocycles. The van der Waals surface area contributed by atoms with Gasteiger partial charge in [0.2, 0.25) is 0 Å². The van der Waals surface area contributed by atoms with Gasteiger partial charge in [0, 0.05) is 0 Å². The lowest BCUT2D eigenvalue weighted by Gasteiger charge is -2.23. The van der Waals surface area contributed by atoms with Crippen molar-refractivity contribution in [1.29, 1.82) is 0 Å². The zero-order chi connectivity index (χ0) is 13.9. The van der Waals surface area contributed by atoms with Gasteiger partial charge >= 0.3 is 5.97 Å². The molecule has 1 atom stereocenters. The van der Waals surface area contributed by atoms with Crippen LogP contribution in [0.15, 0.2) is 18.2 Å². The van der Waals surface area contributed by atoms with E-state index in [1.54, 1.807) is 45.9 Å². The summed E-state index contributed by atoms with van der Waals surface area (Å²) >= 11 is 11.8. The highest BCUT2D eigenvalue weighted by atomic mass is 35.5. The molecule has 0 bridgehead atoms. The van der Waals surface area contributed by atoms with Crippen molar-refractivity contribution in [2.75, 3.05) is 0 Å². The van der Waals surface area contributed by atoms with Crippen molar-refractivity contribution in [3.63, 3.8) is 0 Å². The largest absolute Gasteiger partial charge is 0.477 e. The highest BCUT2D eigenvalue weighted by Crippen LogP contribution is 2.32. The minimum atomic E-state index is -0.750. The molecule has 0 N–H and O–H groups in total. The Labute approximate surface area is 117 Å². The number of carbonyl (C=O) groups excluding carboxylic acids is 1. The van der Waals surface area contributed by atoms with Crippen molar-refractivity contribution in [2.24, 2.45) is 0 Å². The Morgan fingerprint density at radius 3 is 2.44 bits per heavy atom. The lowest BCUT2D eigenvalue weighted by atomic mass is 10.2. The third-order valence-electron chi connectivity index (χ3n) is 1.96. The SMILES string of the molecule is CC(Oc1cccc(Cl)c1Cl)C(=O)OC(C)(C)C. The molecular weight excluding hydrogens is 275 g/mol. The third-order valence-corrected chi connectivity index (χ3v) is 2.76. The van der Waals surface area contributed by atoms with Gasteiger partial charge < -0.3 is 9.47 Å². The van der Waals surface area contributed by atoms with E-state index in [0.717, 1.165) is 0 Å². The molecule has 100 valence electrons. The Balaban J connectivity index is 2.73. The Kier molecular flexibility index (Phi) is 4.88. The lowest BCUT2D eigenvalue weighted by molar-refractivity contribution is -0.162. The number of hydrogen-bond acceptors (Lipinski definition) is 3. The van der Waals surface area contributed by atoms with Gasteiger partial charge in [-0.25, -0.2) is 4.79 Å². The van der Waals surface area contributed by atoms with Crippen LogP contribution in [0.25, 0.3) is 0 Å². The number of esters is 1. The van der Waals surface area contributed by atoms with Crippen molar-refractivity contribution in [3.8, 4) is 5.75 Å². The normalized spacial score (nSPS) is 13.0. The summed E-state index contributed by atoms with van der Waals surface area (Å²) in [6, 6.07) is 5.00. The van der Waals surface area contributed by atoms with Gasteiger partial charge in [-0.3, -0.25) is 0 Å². The molecule has 5 heteroatoms. The van der Waals surface area contributed by atoms with Crippen LogP contribution in [0.5, 0.6) is 5.75 Å². The summed E-state index contributed by atoms with van der Waals surface area (Å²) in [5, 5.41) is 0.667. The molecule has 0 aliphatic heterocycles. The summed E-state index contributed by atoms with van der Waals surface area (Å²) in [4.78, 5) is 11.7. The van der Waals surface area contributed by atoms with Crippen molar-refractivity contribution in [1.82, 2.24) is 0 Å². The van der Waals surface area contributed by atoms with Crippen molar-refractivity contribution < 1.29 is 14.3 Å². The second-order valence-corrected chi connectivity index (χ2v) is 5.63. The van der Waals surface area contributed by atoms with Crippen LogP contribution in [0.2, 0.25) is 10.0 Å². The first-order valence-corrected chi connectivity index (χ1v) is 6.30. The molecule has 0 radical (unpaired) electrons. The number of carbonyl (C=O) groups is 1. The van der Waals surface area contributed by atoms with Gasteiger partial charge in [-0.1, -0.05) is 29.3 Å². The van der Waals surface area contributed by atoms with Gasteiger partial charge in [-0.15, -0.1) is 0 Å². The van der Waals surface area contributed by atoms with E-state index in [4.69, 9.17) is 32.7 Å². The van der Waals surface area contributed by atoms with Crippen LogP contribution in [0.4, 0.5) is 0 Å². The average molecular weight is 291 g/mol. The summed E-state index contributed by atoms with van der Waals surface area (Å²) in [6.07, 6.45) is -0.750. The van der Waals surface area contributed by atoms with Gasteiger partial charge in [0.25, 0.3) is 0 Å². The van der Waals surface area contributed by atoms with Crippen LogP contribution in [0.1, 0.15) is 27.7 Å². The zero-order valence-electron chi connectivity index (χ0n) is 10.8. The Bertz CT molecular complexity index is 438. The zero-order valence-corrected chi connectivity index (χ0v) is 12.3. The first-order valence-electron chi connectivity index (χ1n) is 5.54. The van der Waals surface area contributed by atoms with Gasteiger partial charge in [0.05, 0.1) is 5.02 Å². The van der Waals surface area contributed by atoms with Crippen LogP contribution in [-0.2, 0) is 9.53 Å². The molecule has 3 nitrogen and oxygen atoms in total. The van der Waals surface area contributed by atoms with Gasteiger partial charge in [0.1, 0.15) is 16.4 Å². The molecule has 0 aliphatic rings. The van der Waals surface area contributed by atoms with E-state index in [2.05, 4.69) is 0 Å². The molecule has 18 heavy (non-hydrogen) atoms. The van der Waals surface area contributed by atoms with Crippen molar-refractivity contribution >= 4 is 29.2 Å². The summed E-state index contributed by atoms with van der Waals surface area (Å²) in [5.74, 6) is -0.0823. The molecular formula is C13H16Cl2O3. The predicted octanol–water partition coefficient (Wildman–Crippen LogP) is 4.10. The first kappa shape index (κ1) is 15.1. The summed E-state index contributed by atoms with van der Waals surface area (Å²) in [7, 11) is 0. The number of halogens is 2. The Morgan fingerprint density at radius 2 is 1.89 bits per heavy atom. The van der Waals surface area contributed by atoms with Crippen molar-refractivity contribution in [2.45, 2.75) is 39.4 Å². The van der Waals surface area contributed by atoms with E-state index in [1.165, 1.54) is 0 Å². The predicted molar refractivity (Wildman–Crippen MR) is 72.4 cm³/mol. The molecule has 0 fully saturated rings. The van der Waals surface area contributed by atoms with Crippen LogP contribution >= 0.6 is 23.2 Å². The second-order valence-electron chi connectivity index (χ2n) is 4.85. The van der Waals surface area contributed by atoms with Crippen LogP contribution < -0.4 is 4.74 Å². The molecule has 1 aromatic carbocycles. The number of rotatable bonds is 3. The molecule has 0 aliphatic carbocycles. The Hall–Kier alpha value is -0.930. The fraction of sp³-hybridized carbons (Fsp3) is 0.462. The quantitative estimate of drug-likeness (QED) is 0.786. The lowest BCUT2D eigenvalue weighted by Crippen LogP contribution is -2.33. The monoisotopic (exact) mass is 290 g/mol.